The highest BCUT2D eigenvalue weighted by molar-refractivity contribution is 9.10. The largest absolute Gasteiger partial charge is 0.282 e. The molecule has 1 aromatic rings. The molecule has 0 saturated heterocycles. The maximum absolute atomic E-state index is 11.8. The molecule has 0 aliphatic heterocycles. The van der Waals surface area contributed by atoms with Gasteiger partial charge in [0, 0.05) is 4.47 Å². The minimum Gasteiger partial charge on any atom is -0.282 e. The fraction of sp³-hybridized carbons (Fsp3) is 0.455. The molecule has 1 aliphatic carbocycles. The van der Waals surface area contributed by atoms with Crippen LogP contribution in [0.3, 0.4) is 0 Å². The molecule has 3 nitrogen and oxygen atoms in total. The lowest BCUT2D eigenvalue weighted by molar-refractivity contribution is 0.597. The van der Waals surface area contributed by atoms with Crippen LogP contribution in [0.25, 0.3) is 0 Å². The smallest absolute Gasteiger partial charge is 0.233 e. The molecule has 16 heavy (non-hydrogen) atoms. The summed E-state index contributed by atoms with van der Waals surface area (Å²) in [5, 5.41) is 0. The molecule has 0 aromatic heterocycles. The number of aryl methyl sites for hydroxylation is 1. The quantitative estimate of drug-likeness (QED) is 0.929. The first-order chi connectivity index (χ1) is 7.46. The van der Waals surface area contributed by atoms with E-state index in [0.29, 0.717) is 11.6 Å². The Kier molecular flexibility index (Phi) is 3.26. The van der Waals surface area contributed by atoms with E-state index in [1.54, 1.807) is 6.07 Å². The summed E-state index contributed by atoms with van der Waals surface area (Å²) in [6.07, 6.45) is 2.08. The van der Waals surface area contributed by atoms with E-state index in [0.717, 1.165) is 22.9 Å². The fourth-order valence-corrected chi connectivity index (χ4v) is 3.78. The second kappa shape index (κ2) is 4.37. The number of rotatable bonds is 4. The molecule has 0 heterocycles. The molecule has 1 fully saturated rings. The van der Waals surface area contributed by atoms with E-state index in [9.17, 15) is 8.42 Å². The van der Waals surface area contributed by atoms with Crippen LogP contribution in [0, 0.1) is 12.8 Å². The summed E-state index contributed by atoms with van der Waals surface area (Å²) in [4.78, 5) is 0. The summed E-state index contributed by atoms with van der Waals surface area (Å²) >= 11 is 3.35. The average Bonchev–Trinajstić information content (AvgIpc) is 2.93. The maximum atomic E-state index is 11.8. The van der Waals surface area contributed by atoms with E-state index >= 15 is 0 Å². The van der Waals surface area contributed by atoms with Crippen molar-refractivity contribution in [2.75, 3.05) is 10.5 Å². The van der Waals surface area contributed by atoms with Gasteiger partial charge in [0.2, 0.25) is 10.0 Å². The zero-order valence-corrected chi connectivity index (χ0v) is 11.4. The van der Waals surface area contributed by atoms with Gasteiger partial charge in [-0.05, 0) is 59.3 Å². The second-order valence-electron chi connectivity index (χ2n) is 4.31. The van der Waals surface area contributed by atoms with Crippen molar-refractivity contribution in [2.45, 2.75) is 19.8 Å². The highest BCUT2D eigenvalue weighted by Gasteiger charge is 2.28. The summed E-state index contributed by atoms with van der Waals surface area (Å²) in [6, 6.07) is 5.57. The number of sulfonamides is 1. The molecule has 1 N–H and O–H groups in total. The minimum atomic E-state index is -3.19. The van der Waals surface area contributed by atoms with Crippen molar-refractivity contribution < 1.29 is 8.42 Å². The second-order valence-corrected chi connectivity index (χ2v) is 6.93. The van der Waals surface area contributed by atoms with E-state index in [4.69, 9.17) is 0 Å². The number of hydrogen-bond donors (Lipinski definition) is 1. The van der Waals surface area contributed by atoms with Crippen LogP contribution in [0.5, 0.6) is 0 Å². The summed E-state index contributed by atoms with van der Waals surface area (Å²) in [7, 11) is -3.19. The van der Waals surface area contributed by atoms with Crippen LogP contribution in [-0.4, -0.2) is 14.2 Å². The summed E-state index contributed by atoms with van der Waals surface area (Å²) in [5.74, 6) is 0.606. The lowest BCUT2D eigenvalue weighted by Gasteiger charge is -2.09. The van der Waals surface area contributed by atoms with Gasteiger partial charge in [-0.3, -0.25) is 4.72 Å². The third-order valence-electron chi connectivity index (χ3n) is 2.54. The molecule has 1 aromatic carbocycles. The summed E-state index contributed by atoms with van der Waals surface area (Å²) in [5.41, 5.74) is 1.71. The predicted molar refractivity (Wildman–Crippen MR) is 69.0 cm³/mol. The topological polar surface area (TPSA) is 46.2 Å². The Morgan fingerprint density at radius 1 is 1.44 bits per heavy atom. The third kappa shape index (κ3) is 3.22. The molecule has 0 amide bonds. The van der Waals surface area contributed by atoms with Gasteiger partial charge in [-0.15, -0.1) is 0 Å². The van der Waals surface area contributed by atoms with Crippen LogP contribution in [-0.2, 0) is 10.0 Å². The Morgan fingerprint density at radius 2 is 2.12 bits per heavy atom. The van der Waals surface area contributed by atoms with E-state index < -0.39 is 10.0 Å². The van der Waals surface area contributed by atoms with Gasteiger partial charge in [0.05, 0.1) is 11.4 Å². The first kappa shape index (κ1) is 11.9. The normalized spacial score (nSPS) is 16.1. The van der Waals surface area contributed by atoms with E-state index in [-0.39, 0.29) is 5.75 Å². The van der Waals surface area contributed by atoms with Crippen LogP contribution in [0.15, 0.2) is 22.7 Å². The van der Waals surface area contributed by atoms with Crippen molar-refractivity contribution >= 4 is 31.6 Å². The SMILES string of the molecule is Cc1ccc(NS(=O)(=O)CC2CC2)c(Br)c1. The Hall–Kier alpha value is -0.550. The highest BCUT2D eigenvalue weighted by Crippen LogP contribution is 2.31. The van der Waals surface area contributed by atoms with Gasteiger partial charge >= 0.3 is 0 Å². The molecule has 0 bridgehead atoms. The number of halogens is 1. The maximum Gasteiger partial charge on any atom is 0.233 e. The van der Waals surface area contributed by atoms with Crippen molar-refractivity contribution in [1.29, 1.82) is 0 Å². The third-order valence-corrected chi connectivity index (χ3v) is 4.64. The van der Waals surface area contributed by atoms with Gasteiger partial charge in [0.25, 0.3) is 0 Å². The first-order valence-corrected chi connectivity index (χ1v) is 7.67. The molecule has 0 unspecified atom stereocenters. The molecule has 5 heteroatoms. The lowest BCUT2D eigenvalue weighted by Crippen LogP contribution is -2.18. The first-order valence-electron chi connectivity index (χ1n) is 5.23. The van der Waals surface area contributed by atoms with Crippen LogP contribution in [0.2, 0.25) is 0 Å². The van der Waals surface area contributed by atoms with E-state index in [1.165, 1.54) is 0 Å². The zero-order chi connectivity index (χ0) is 11.8. The lowest BCUT2D eigenvalue weighted by atomic mass is 10.2. The standard InChI is InChI=1S/C11H14BrNO2S/c1-8-2-5-11(10(12)6-8)13-16(14,15)7-9-3-4-9/h2,5-6,9,13H,3-4,7H2,1H3. The molecule has 88 valence electrons. The van der Waals surface area contributed by atoms with Gasteiger partial charge in [0.1, 0.15) is 0 Å². The molecule has 0 spiro atoms. The highest BCUT2D eigenvalue weighted by atomic mass is 79.9. The van der Waals surface area contributed by atoms with Crippen molar-refractivity contribution in [3.63, 3.8) is 0 Å². The van der Waals surface area contributed by atoms with Crippen LogP contribution >= 0.6 is 15.9 Å². The summed E-state index contributed by atoms with van der Waals surface area (Å²) < 4.78 is 26.9. The zero-order valence-electron chi connectivity index (χ0n) is 9.03. The van der Waals surface area contributed by atoms with Gasteiger partial charge < -0.3 is 0 Å². The number of nitrogens with one attached hydrogen (secondary N) is 1. The Morgan fingerprint density at radius 3 is 2.69 bits per heavy atom. The Balaban J connectivity index is 2.13. The van der Waals surface area contributed by atoms with Gasteiger partial charge in [-0.2, -0.15) is 0 Å². The van der Waals surface area contributed by atoms with Crippen LogP contribution in [0.4, 0.5) is 5.69 Å². The fourth-order valence-electron chi connectivity index (χ4n) is 1.51. The molecule has 2 rings (SSSR count). The van der Waals surface area contributed by atoms with Crippen molar-refractivity contribution in [2.24, 2.45) is 5.92 Å². The van der Waals surface area contributed by atoms with Gasteiger partial charge in [0.15, 0.2) is 0 Å². The molecular weight excluding hydrogens is 290 g/mol. The van der Waals surface area contributed by atoms with Crippen molar-refractivity contribution in [3.8, 4) is 0 Å². The van der Waals surface area contributed by atoms with Crippen molar-refractivity contribution in [3.05, 3.63) is 28.2 Å². The molecule has 1 saturated carbocycles. The molecular formula is C11H14BrNO2S. The summed E-state index contributed by atoms with van der Waals surface area (Å²) in [6.45, 7) is 1.97. The number of benzene rings is 1. The minimum absolute atomic E-state index is 0.243. The van der Waals surface area contributed by atoms with E-state index in [2.05, 4.69) is 20.7 Å². The average molecular weight is 304 g/mol. The predicted octanol–water partition coefficient (Wildman–Crippen LogP) is 2.91. The molecule has 1 aliphatic rings. The monoisotopic (exact) mass is 303 g/mol. The van der Waals surface area contributed by atoms with Gasteiger partial charge in [-0.25, -0.2) is 8.42 Å². The Labute approximate surface area is 104 Å². The Bertz CT molecular complexity index is 495. The molecule has 0 atom stereocenters. The number of anilines is 1. The van der Waals surface area contributed by atoms with Crippen LogP contribution in [0.1, 0.15) is 18.4 Å². The van der Waals surface area contributed by atoms with Crippen molar-refractivity contribution in [1.82, 2.24) is 0 Å². The molecule has 0 radical (unpaired) electrons. The van der Waals surface area contributed by atoms with E-state index in [1.807, 2.05) is 19.1 Å². The van der Waals surface area contributed by atoms with Crippen LogP contribution < -0.4 is 4.72 Å². The van der Waals surface area contributed by atoms with Gasteiger partial charge in [-0.1, -0.05) is 6.07 Å². The number of hydrogen-bond acceptors (Lipinski definition) is 2.